The third kappa shape index (κ3) is 3.42. The molecule has 1 unspecified atom stereocenters. The topological polar surface area (TPSA) is 38.3 Å². The number of rotatable bonds is 4. The van der Waals surface area contributed by atoms with Crippen LogP contribution in [0, 0.1) is 11.8 Å². The molecule has 1 aliphatic rings. The van der Waals surface area contributed by atoms with Crippen LogP contribution in [0.25, 0.3) is 0 Å². The van der Waals surface area contributed by atoms with E-state index >= 15 is 0 Å². The van der Waals surface area contributed by atoms with Crippen LogP contribution in [0.1, 0.15) is 26.7 Å². The Kier molecular flexibility index (Phi) is 4.45. The van der Waals surface area contributed by atoms with E-state index in [1.165, 1.54) is 0 Å². The minimum absolute atomic E-state index is 0.159. The molecule has 76 valence electrons. The first kappa shape index (κ1) is 11.2. The van der Waals surface area contributed by atoms with Crippen molar-refractivity contribution in [1.29, 1.82) is 0 Å². The summed E-state index contributed by atoms with van der Waals surface area (Å²) in [5.41, 5.74) is 0. The molecular formula is C9H16INO2. The standard InChI is InChI=1S/C9H16INO2/c1-6(2)3-8(13-10)7-4-9(12)11-5-7/h6-8H,3-5H2,1-2H3,(H,11,12)/t7-,8?/m1/s1. The highest BCUT2D eigenvalue weighted by Gasteiger charge is 2.30. The van der Waals surface area contributed by atoms with Crippen LogP contribution < -0.4 is 5.32 Å². The molecule has 0 aliphatic carbocycles. The summed E-state index contributed by atoms with van der Waals surface area (Å²) in [6, 6.07) is 0. The van der Waals surface area contributed by atoms with Gasteiger partial charge in [-0.3, -0.25) is 4.79 Å². The Hall–Kier alpha value is 0.160. The van der Waals surface area contributed by atoms with E-state index < -0.39 is 0 Å². The molecule has 0 aromatic rings. The van der Waals surface area contributed by atoms with Crippen LogP contribution in [-0.4, -0.2) is 18.6 Å². The highest BCUT2D eigenvalue weighted by molar-refractivity contribution is 14.1. The normalized spacial score (nSPS) is 24.9. The third-order valence-electron chi connectivity index (χ3n) is 2.35. The van der Waals surface area contributed by atoms with E-state index in [4.69, 9.17) is 3.07 Å². The lowest BCUT2D eigenvalue weighted by atomic mass is 9.94. The van der Waals surface area contributed by atoms with Crippen molar-refractivity contribution in [3.63, 3.8) is 0 Å². The molecular weight excluding hydrogens is 281 g/mol. The molecule has 1 heterocycles. The fourth-order valence-electron chi connectivity index (χ4n) is 1.66. The van der Waals surface area contributed by atoms with Crippen molar-refractivity contribution in [2.45, 2.75) is 32.8 Å². The second kappa shape index (κ2) is 5.14. The smallest absolute Gasteiger partial charge is 0.220 e. The minimum Gasteiger partial charge on any atom is -0.356 e. The zero-order valence-corrected chi connectivity index (χ0v) is 10.2. The fraction of sp³-hybridized carbons (Fsp3) is 0.889. The molecule has 4 heteroatoms. The first-order valence-electron chi connectivity index (χ1n) is 4.67. The van der Waals surface area contributed by atoms with E-state index in [2.05, 4.69) is 19.2 Å². The molecule has 1 amide bonds. The fourth-order valence-corrected chi connectivity index (χ4v) is 2.28. The van der Waals surface area contributed by atoms with Gasteiger partial charge in [-0.1, -0.05) is 13.8 Å². The number of hydrogen-bond donors (Lipinski definition) is 1. The highest BCUT2D eigenvalue weighted by atomic mass is 127. The summed E-state index contributed by atoms with van der Waals surface area (Å²) in [5.74, 6) is 1.15. The van der Waals surface area contributed by atoms with Gasteiger partial charge >= 0.3 is 0 Å². The van der Waals surface area contributed by atoms with Crippen molar-refractivity contribution in [3.8, 4) is 0 Å². The lowest BCUT2D eigenvalue weighted by Crippen LogP contribution is -2.24. The average Bonchev–Trinajstić information content (AvgIpc) is 2.47. The SMILES string of the molecule is CC(C)CC(OI)[C@H]1CNC(=O)C1. The molecule has 0 aromatic carbocycles. The summed E-state index contributed by atoms with van der Waals surface area (Å²) >= 11 is 1.94. The van der Waals surface area contributed by atoms with E-state index in [0.29, 0.717) is 18.3 Å². The van der Waals surface area contributed by atoms with Crippen LogP contribution in [0.4, 0.5) is 0 Å². The maximum absolute atomic E-state index is 11.0. The molecule has 1 N–H and O–H groups in total. The summed E-state index contributed by atoms with van der Waals surface area (Å²) in [5, 5.41) is 2.84. The first-order chi connectivity index (χ1) is 6.13. The quantitative estimate of drug-likeness (QED) is 0.805. The Labute approximate surface area is 93.3 Å². The lowest BCUT2D eigenvalue weighted by Gasteiger charge is -2.20. The molecule has 1 fully saturated rings. The van der Waals surface area contributed by atoms with E-state index in [9.17, 15) is 4.79 Å². The van der Waals surface area contributed by atoms with Crippen molar-refractivity contribution in [2.24, 2.45) is 11.8 Å². The van der Waals surface area contributed by atoms with Gasteiger partial charge in [0.05, 0.1) is 6.10 Å². The van der Waals surface area contributed by atoms with Gasteiger partial charge in [-0.15, -0.1) is 0 Å². The maximum atomic E-state index is 11.0. The third-order valence-corrected chi connectivity index (χ3v) is 3.01. The zero-order chi connectivity index (χ0) is 9.84. The van der Waals surface area contributed by atoms with Gasteiger partial charge in [-0.25, -0.2) is 0 Å². The molecule has 0 saturated carbocycles. The predicted molar refractivity (Wildman–Crippen MR) is 59.5 cm³/mol. The number of nitrogens with one attached hydrogen (secondary N) is 1. The Morgan fingerprint density at radius 1 is 1.69 bits per heavy atom. The second-order valence-electron chi connectivity index (χ2n) is 4.03. The van der Waals surface area contributed by atoms with Crippen molar-refractivity contribution in [1.82, 2.24) is 5.32 Å². The van der Waals surface area contributed by atoms with E-state index in [1.54, 1.807) is 0 Å². The second-order valence-corrected chi connectivity index (χ2v) is 4.53. The Bertz CT molecular complexity index is 184. The maximum Gasteiger partial charge on any atom is 0.220 e. The number of halogens is 1. The first-order valence-corrected chi connectivity index (χ1v) is 5.55. The number of carbonyl (C=O) groups is 1. The Morgan fingerprint density at radius 3 is 2.77 bits per heavy atom. The average molecular weight is 297 g/mol. The van der Waals surface area contributed by atoms with Gasteiger partial charge in [0.1, 0.15) is 23.0 Å². The summed E-state index contributed by atoms with van der Waals surface area (Å²) in [6.07, 6.45) is 1.88. The van der Waals surface area contributed by atoms with E-state index in [1.807, 2.05) is 23.0 Å². The van der Waals surface area contributed by atoms with Crippen LogP contribution in [0.5, 0.6) is 0 Å². The molecule has 1 saturated heterocycles. The number of hydrogen-bond acceptors (Lipinski definition) is 2. The molecule has 0 radical (unpaired) electrons. The van der Waals surface area contributed by atoms with Gasteiger partial charge in [-0.2, -0.15) is 0 Å². The summed E-state index contributed by atoms with van der Waals surface area (Å²) in [4.78, 5) is 11.0. The van der Waals surface area contributed by atoms with Crippen LogP contribution in [-0.2, 0) is 7.86 Å². The van der Waals surface area contributed by atoms with Gasteiger partial charge in [0.2, 0.25) is 5.91 Å². The molecule has 0 bridgehead atoms. The van der Waals surface area contributed by atoms with Crippen LogP contribution in [0.15, 0.2) is 0 Å². The van der Waals surface area contributed by atoms with Gasteiger partial charge in [0.25, 0.3) is 0 Å². The van der Waals surface area contributed by atoms with Gasteiger partial charge in [0.15, 0.2) is 0 Å². The van der Waals surface area contributed by atoms with Crippen LogP contribution in [0.2, 0.25) is 0 Å². The Morgan fingerprint density at radius 2 is 2.38 bits per heavy atom. The van der Waals surface area contributed by atoms with E-state index in [-0.39, 0.29) is 12.0 Å². The molecule has 13 heavy (non-hydrogen) atoms. The van der Waals surface area contributed by atoms with Gasteiger partial charge in [-0.05, 0) is 12.3 Å². The molecule has 0 spiro atoms. The van der Waals surface area contributed by atoms with Crippen molar-refractivity contribution < 1.29 is 7.86 Å². The number of amides is 1. The van der Waals surface area contributed by atoms with Crippen molar-refractivity contribution >= 4 is 28.9 Å². The van der Waals surface area contributed by atoms with Gasteiger partial charge in [0, 0.05) is 18.9 Å². The number of carbonyl (C=O) groups excluding carboxylic acids is 1. The summed E-state index contributed by atoms with van der Waals surface area (Å²) in [6.45, 7) is 5.12. The molecule has 1 aliphatic heterocycles. The molecule has 1 rings (SSSR count). The van der Waals surface area contributed by atoms with Crippen molar-refractivity contribution in [3.05, 3.63) is 0 Å². The monoisotopic (exact) mass is 297 g/mol. The van der Waals surface area contributed by atoms with E-state index in [0.717, 1.165) is 13.0 Å². The predicted octanol–water partition coefficient (Wildman–Crippen LogP) is 1.90. The van der Waals surface area contributed by atoms with Gasteiger partial charge < -0.3 is 8.38 Å². The molecule has 2 atom stereocenters. The van der Waals surface area contributed by atoms with Crippen LogP contribution in [0.3, 0.4) is 0 Å². The summed E-state index contributed by atoms with van der Waals surface area (Å²) < 4.78 is 5.37. The minimum atomic E-state index is 0.159. The summed E-state index contributed by atoms with van der Waals surface area (Å²) in [7, 11) is 0. The van der Waals surface area contributed by atoms with Crippen LogP contribution >= 0.6 is 23.0 Å². The molecule has 0 aromatic heterocycles. The molecule has 3 nitrogen and oxygen atoms in total. The zero-order valence-electron chi connectivity index (χ0n) is 8.05. The Balaban J connectivity index is 2.42. The highest BCUT2D eigenvalue weighted by Crippen LogP contribution is 2.24. The van der Waals surface area contributed by atoms with Crippen molar-refractivity contribution in [2.75, 3.05) is 6.54 Å². The largest absolute Gasteiger partial charge is 0.356 e. The lowest BCUT2D eigenvalue weighted by molar-refractivity contribution is -0.119.